The molecule has 2 aromatic rings. The molecule has 0 radical (unpaired) electrons. The Morgan fingerprint density at radius 1 is 1.12 bits per heavy atom. The molecule has 0 unspecified atom stereocenters. The largest absolute Gasteiger partial charge is 0.465 e. The van der Waals surface area contributed by atoms with Crippen molar-refractivity contribution in [1.82, 2.24) is 9.97 Å². The van der Waals surface area contributed by atoms with E-state index in [2.05, 4.69) is 15.3 Å². The summed E-state index contributed by atoms with van der Waals surface area (Å²) in [6.45, 7) is 3.60. The average molecular weight is 364 g/mol. The highest BCUT2D eigenvalue weighted by molar-refractivity contribution is 6.30. The van der Waals surface area contributed by atoms with Crippen molar-refractivity contribution in [1.29, 1.82) is 0 Å². The molecule has 0 saturated carbocycles. The van der Waals surface area contributed by atoms with Gasteiger partial charge in [-0.3, -0.25) is 9.59 Å². The molecule has 2 rings (SSSR count). The van der Waals surface area contributed by atoms with Crippen LogP contribution in [0, 0.1) is 0 Å². The molecule has 0 fully saturated rings. The van der Waals surface area contributed by atoms with Gasteiger partial charge in [0.25, 0.3) is 0 Å². The summed E-state index contributed by atoms with van der Waals surface area (Å²) in [6, 6.07) is 6.46. The maximum absolute atomic E-state index is 12.4. The summed E-state index contributed by atoms with van der Waals surface area (Å²) in [7, 11) is 0. The number of nitrogens with one attached hydrogen (secondary N) is 1. The topological polar surface area (TPSA) is 90.4 Å². The van der Waals surface area contributed by atoms with Crippen molar-refractivity contribution in [2.45, 2.75) is 19.8 Å². The maximum Gasteiger partial charge on any atom is 0.324 e. The van der Waals surface area contributed by atoms with Crippen LogP contribution in [0.15, 0.2) is 36.7 Å². The van der Waals surface area contributed by atoms with Crippen LogP contribution in [-0.2, 0) is 19.1 Å². The highest BCUT2D eigenvalue weighted by Crippen LogP contribution is 2.31. The first-order chi connectivity index (χ1) is 12.1. The van der Waals surface area contributed by atoms with Gasteiger partial charge in [-0.15, -0.1) is 0 Å². The molecule has 25 heavy (non-hydrogen) atoms. The molecule has 0 bridgehead atoms. The zero-order valence-corrected chi connectivity index (χ0v) is 14.6. The molecule has 0 amide bonds. The van der Waals surface area contributed by atoms with E-state index >= 15 is 0 Å². The summed E-state index contributed by atoms with van der Waals surface area (Å²) in [5.74, 6) is -2.36. The molecule has 0 saturated heterocycles. The van der Waals surface area contributed by atoms with Crippen LogP contribution in [0.4, 0.5) is 11.6 Å². The second kappa shape index (κ2) is 8.98. The van der Waals surface area contributed by atoms with Gasteiger partial charge in [-0.1, -0.05) is 11.6 Å². The molecular weight excluding hydrogens is 346 g/mol. The van der Waals surface area contributed by atoms with E-state index < -0.39 is 17.9 Å². The summed E-state index contributed by atoms with van der Waals surface area (Å²) in [5, 5.41) is 3.35. The fraction of sp³-hybridized carbons (Fsp3) is 0.294. The van der Waals surface area contributed by atoms with Crippen molar-refractivity contribution in [3.63, 3.8) is 0 Å². The summed E-state index contributed by atoms with van der Waals surface area (Å²) >= 11 is 6.06. The molecule has 1 aromatic heterocycles. The predicted octanol–water partition coefficient (Wildman–Crippen LogP) is 3.08. The third kappa shape index (κ3) is 4.90. The number of rotatable bonds is 7. The number of esters is 2. The number of carbonyl (C=O) groups excluding carboxylic acids is 2. The SMILES string of the molecule is CCOC(=O)C(C(=O)OCC)c1cc(Cl)ccc1Nc1ncccn1. The second-order valence-electron chi connectivity index (χ2n) is 4.87. The highest BCUT2D eigenvalue weighted by Gasteiger charge is 2.33. The standard InChI is InChI=1S/C17H18ClN3O4/c1-3-24-15(22)14(16(23)25-4-2)12-10-11(18)6-7-13(12)21-17-19-8-5-9-20-17/h5-10,14H,3-4H2,1-2H3,(H,19,20,21). The predicted molar refractivity (Wildman–Crippen MR) is 92.8 cm³/mol. The maximum atomic E-state index is 12.4. The van der Waals surface area contributed by atoms with Crippen molar-refractivity contribution < 1.29 is 19.1 Å². The lowest BCUT2D eigenvalue weighted by atomic mass is 9.97. The molecule has 0 atom stereocenters. The van der Waals surface area contributed by atoms with Crippen molar-refractivity contribution >= 4 is 35.2 Å². The molecule has 1 N–H and O–H groups in total. The van der Waals surface area contributed by atoms with Gasteiger partial charge in [-0.2, -0.15) is 0 Å². The Balaban J connectivity index is 2.46. The minimum absolute atomic E-state index is 0.139. The van der Waals surface area contributed by atoms with Gasteiger partial charge < -0.3 is 14.8 Å². The van der Waals surface area contributed by atoms with Crippen molar-refractivity contribution in [3.8, 4) is 0 Å². The number of aromatic nitrogens is 2. The molecule has 8 heteroatoms. The van der Waals surface area contributed by atoms with Gasteiger partial charge >= 0.3 is 11.9 Å². The van der Waals surface area contributed by atoms with E-state index in [4.69, 9.17) is 21.1 Å². The highest BCUT2D eigenvalue weighted by atomic mass is 35.5. The van der Waals surface area contributed by atoms with Gasteiger partial charge in [0.05, 0.1) is 13.2 Å². The summed E-state index contributed by atoms with van der Waals surface area (Å²) < 4.78 is 10.1. The van der Waals surface area contributed by atoms with Crippen LogP contribution in [0.25, 0.3) is 0 Å². The van der Waals surface area contributed by atoms with E-state index in [1.165, 1.54) is 6.07 Å². The van der Waals surface area contributed by atoms with Gasteiger partial charge in [0, 0.05) is 28.7 Å². The number of anilines is 2. The summed E-state index contributed by atoms with van der Waals surface area (Å²) in [4.78, 5) is 32.8. The zero-order valence-electron chi connectivity index (χ0n) is 13.9. The first-order valence-corrected chi connectivity index (χ1v) is 8.11. The lowest BCUT2D eigenvalue weighted by molar-refractivity contribution is -0.156. The van der Waals surface area contributed by atoms with E-state index in [0.29, 0.717) is 22.2 Å². The molecule has 1 aromatic carbocycles. The Labute approximate surface area is 150 Å². The Hall–Kier alpha value is -2.67. The molecular formula is C17H18ClN3O4. The number of halogens is 1. The Morgan fingerprint density at radius 2 is 1.72 bits per heavy atom. The average Bonchev–Trinajstić information content (AvgIpc) is 2.59. The fourth-order valence-corrected chi connectivity index (χ4v) is 2.35. The summed E-state index contributed by atoms with van der Waals surface area (Å²) in [6.07, 6.45) is 3.14. The number of nitrogens with zero attached hydrogens (tertiary/aromatic N) is 2. The van der Waals surface area contributed by atoms with Gasteiger partial charge in [-0.05, 0) is 38.1 Å². The lowest BCUT2D eigenvalue weighted by Gasteiger charge is -2.18. The third-order valence-corrected chi connectivity index (χ3v) is 3.42. The normalized spacial score (nSPS) is 10.4. The Morgan fingerprint density at radius 3 is 2.28 bits per heavy atom. The van der Waals surface area contributed by atoms with Crippen molar-refractivity contribution in [2.24, 2.45) is 0 Å². The Kier molecular flexibility index (Phi) is 6.71. The molecule has 0 aliphatic heterocycles. The number of hydrogen-bond donors (Lipinski definition) is 1. The van der Waals surface area contributed by atoms with Crippen LogP contribution in [0.1, 0.15) is 25.3 Å². The van der Waals surface area contributed by atoms with Gasteiger partial charge in [0.1, 0.15) is 0 Å². The van der Waals surface area contributed by atoms with Crippen LogP contribution < -0.4 is 5.32 Å². The molecule has 0 aliphatic carbocycles. The Bertz CT molecular complexity index is 722. The minimum Gasteiger partial charge on any atom is -0.465 e. The first kappa shape index (κ1) is 18.7. The number of carbonyl (C=O) groups is 2. The van der Waals surface area contributed by atoms with Gasteiger partial charge in [-0.25, -0.2) is 9.97 Å². The smallest absolute Gasteiger partial charge is 0.324 e. The molecule has 132 valence electrons. The van der Waals surface area contributed by atoms with E-state index in [9.17, 15) is 9.59 Å². The van der Waals surface area contributed by atoms with Gasteiger partial charge in [0.2, 0.25) is 5.95 Å². The van der Waals surface area contributed by atoms with Crippen LogP contribution in [0.3, 0.4) is 0 Å². The van der Waals surface area contributed by atoms with Crippen LogP contribution in [0.5, 0.6) is 0 Å². The lowest BCUT2D eigenvalue weighted by Crippen LogP contribution is -2.27. The van der Waals surface area contributed by atoms with E-state index in [1.54, 1.807) is 44.4 Å². The molecule has 1 heterocycles. The third-order valence-electron chi connectivity index (χ3n) is 3.18. The van der Waals surface area contributed by atoms with Crippen molar-refractivity contribution in [2.75, 3.05) is 18.5 Å². The number of ether oxygens (including phenoxy) is 2. The number of hydrogen-bond acceptors (Lipinski definition) is 7. The van der Waals surface area contributed by atoms with E-state index in [1.807, 2.05) is 0 Å². The second-order valence-corrected chi connectivity index (χ2v) is 5.30. The van der Waals surface area contributed by atoms with Gasteiger partial charge in [0.15, 0.2) is 5.92 Å². The quantitative estimate of drug-likeness (QED) is 0.597. The monoisotopic (exact) mass is 363 g/mol. The summed E-state index contributed by atoms with van der Waals surface area (Å²) in [5.41, 5.74) is 0.790. The van der Waals surface area contributed by atoms with Crippen LogP contribution in [-0.4, -0.2) is 35.1 Å². The van der Waals surface area contributed by atoms with Crippen LogP contribution in [0.2, 0.25) is 5.02 Å². The van der Waals surface area contributed by atoms with Crippen molar-refractivity contribution in [3.05, 3.63) is 47.2 Å². The molecule has 0 aliphatic rings. The van der Waals surface area contributed by atoms with E-state index in [-0.39, 0.29) is 13.2 Å². The number of benzene rings is 1. The zero-order chi connectivity index (χ0) is 18.2. The van der Waals surface area contributed by atoms with Crippen LogP contribution >= 0.6 is 11.6 Å². The first-order valence-electron chi connectivity index (χ1n) is 7.73. The van der Waals surface area contributed by atoms with E-state index in [0.717, 1.165) is 0 Å². The minimum atomic E-state index is -1.26. The molecule has 7 nitrogen and oxygen atoms in total. The fourth-order valence-electron chi connectivity index (χ4n) is 2.17. The molecule has 0 spiro atoms.